The van der Waals surface area contributed by atoms with E-state index in [4.69, 9.17) is 9.47 Å². The van der Waals surface area contributed by atoms with Gasteiger partial charge in [-0.25, -0.2) is 0 Å². The number of ether oxygens (including phenoxy) is 2. The Morgan fingerprint density at radius 3 is 2.52 bits per heavy atom. The van der Waals surface area contributed by atoms with Crippen LogP contribution in [0.3, 0.4) is 0 Å². The first-order chi connectivity index (χ1) is 10.7. The summed E-state index contributed by atoms with van der Waals surface area (Å²) in [5.41, 5.74) is 1.25. The zero-order valence-electron chi connectivity index (χ0n) is 14.6. The molecule has 23 heavy (non-hydrogen) atoms. The van der Waals surface area contributed by atoms with Crippen LogP contribution in [0.25, 0.3) is 0 Å². The molecule has 0 bridgehead atoms. The summed E-state index contributed by atoms with van der Waals surface area (Å²) in [7, 11) is 3.47. The van der Waals surface area contributed by atoms with E-state index in [-0.39, 0.29) is 30.0 Å². The number of aryl methyl sites for hydroxylation is 1. The Hall–Kier alpha value is -1.02. The van der Waals surface area contributed by atoms with Gasteiger partial charge >= 0.3 is 0 Å². The number of hydrogen-bond donors (Lipinski definition) is 2. The third-order valence-corrected chi connectivity index (χ3v) is 3.18. The van der Waals surface area contributed by atoms with E-state index in [9.17, 15) is 0 Å². The number of methoxy groups -OCH3 is 1. The molecular weight excluding hydrogens is 405 g/mol. The molecule has 0 saturated carbocycles. The monoisotopic (exact) mass is 435 g/mol. The molecule has 2 N–H and O–H groups in total. The Balaban J connectivity index is 0.00000484. The van der Waals surface area contributed by atoms with E-state index in [1.807, 2.05) is 12.1 Å². The van der Waals surface area contributed by atoms with Gasteiger partial charge in [0.05, 0.1) is 13.2 Å². The third kappa shape index (κ3) is 10.4. The molecule has 0 aliphatic carbocycles. The molecule has 1 aromatic rings. The smallest absolute Gasteiger partial charge is 0.191 e. The minimum Gasteiger partial charge on any atom is -0.494 e. The van der Waals surface area contributed by atoms with Crippen LogP contribution >= 0.6 is 24.0 Å². The van der Waals surface area contributed by atoms with Crippen molar-refractivity contribution in [2.75, 3.05) is 33.9 Å². The first-order valence-electron chi connectivity index (χ1n) is 7.81. The van der Waals surface area contributed by atoms with E-state index in [1.165, 1.54) is 5.56 Å². The molecule has 0 aromatic heterocycles. The highest BCUT2D eigenvalue weighted by molar-refractivity contribution is 14.0. The zero-order valence-corrected chi connectivity index (χ0v) is 16.9. The second-order valence-corrected chi connectivity index (χ2v) is 5.37. The Morgan fingerprint density at radius 1 is 1.22 bits per heavy atom. The van der Waals surface area contributed by atoms with Crippen LogP contribution in [0, 0.1) is 6.92 Å². The Kier molecular flexibility index (Phi) is 12.8. The SMILES string of the molecule is CN=C(NCCCCOc1ccc(C)cc1)NC(C)COC.I. The summed E-state index contributed by atoms with van der Waals surface area (Å²) in [6, 6.07) is 8.38. The van der Waals surface area contributed by atoms with Gasteiger partial charge in [0.15, 0.2) is 5.96 Å². The van der Waals surface area contributed by atoms with Crippen molar-refractivity contribution in [2.24, 2.45) is 4.99 Å². The first kappa shape index (κ1) is 22.0. The van der Waals surface area contributed by atoms with E-state index in [0.717, 1.165) is 37.7 Å². The van der Waals surface area contributed by atoms with Gasteiger partial charge in [-0.3, -0.25) is 4.99 Å². The van der Waals surface area contributed by atoms with Crippen molar-refractivity contribution in [3.05, 3.63) is 29.8 Å². The molecule has 5 nitrogen and oxygen atoms in total. The summed E-state index contributed by atoms with van der Waals surface area (Å²) < 4.78 is 10.8. The number of aliphatic imine (C=N–C) groups is 1. The lowest BCUT2D eigenvalue weighted by molar-refractivity contribution is 0.179. The average Bonchev–Trinajstić information content (AvgIpc) is 2.51. The quantitative estimate of drug-likeness (QED) is 0.271. The van der Waals surface area contributed by atoms with E-state index in [0.29, 0.717) is 6.61 Å². The predicted molar refractivity (Wildman–Crippen MR) is 107 cm³/mol. The largest absolute Gasteiger partial charge is 0.494 e. The zero-order chi connectivity index (χ0) is 16.2. The van der Waals surface area contributed by atoms with Crippen LogP contribution in [-0.4, -0.2) is 45.9 Å². The summed E-state index contributed by atoms with van der Waals surface area (Å²) in [4.78, 5) is 4.19. The average molecular weight is 435 g/mol. The van der Waals surface area contributed by atoms with Gasteiger partial charge < -0.3 is 20.1 Å². The summed E-state index contributed by atoms with van der Waals surface area (Å²) in [5.74, 6) is 1.74. The predicted octanol–water partition coefficient (Wildman–Crippen LogP) is 2.97. The molecule has 0 spiro atoms. The van der Waals surface area contributed by atoms with Crippen LogP contribution in [-0.2, 0) is 4.74 Å². The molecule has 0 fully saturated rings. The molecule has 1 rings (SSSR count). The van der Waals surface area contributed by atoms with Gasteiger partial charge in [-0.05, 0) is 38.8 Å². The summed E-state index contributed by atoms with van der Waals surface area (Å²) in [6.45, 7) is 6.40. The van der Waals surface area contributed by atoms with Gasteiger partial charge in [0.2, 0.25) is 0 Å². The van der Waals surface area contributed by atoms with Gasteiger partial charge in [0, 0.05) is 26.7 Å². The van der Waals surface area contributed by atoms with Crippen LogP contribution in [0.1, 0.15) is 25.3 Å². The lowest BCUT2D eigenvalue weighted by atomic mass is 10.2. The van der Waals surface area contributed by atoms with Crippen LogP contribution < -0.4 is 15.4 Å². The molecule has 1 aromatic carbocycles. The fraction of sp³-hybridized carbons (Fsp3) is 0.588. The van der Waals surface area contributed by atoms with Crippen molar-refractivity contribution in [1.82, 2.24) is 10.6 Å². The van der Waals surface area contributed by atoms with Crippen molar-refractivity contribution < 1.29 is 9.47 Å². The normalized spacial score (nSPS) is 12.3. The van der Waals surface area contributed by atoms with Gasteiger partial charge in [-0.1, -0.05) is 17.7 Å². The Bertz CT molecular complexity index is 438. The minimum atomic E-state index is 0. The van der Waals surface area contributed by atoms with Crippen LogP contribution in [0.2, 0.25) is 0 Å². The second kappa shape index (κ2) is 13.4. The molecule has 0 heterocycles. The van der Waals surface area contributed by atoms with Crippen LogP contribution in [0.5, 0.6) is 5.75 Å². The van der Waals surface area contributed by atoms with E-state index >= 15 is 0 Å². The number of guanidine groups is 1. The molecule has 0 radical (unpaired) electrons. The fourth-order valence-electron chi connectivity index (χ4n) is 1.98. The maximum atomic E-state index is 5.70. The molecule has 132 valence electrons. The molecule has 1 atom stereocenters. The lowest BCUT2D eigenvalue weighted by Gasteiger charge is -2.17. The highest BCUT2D eigenvalue weighted by atomic mass is 127. The van der Waals surface area contributed by atoms with Crippen LogP contribution in [0.15, 0.2) is 29.3 Å². The van der Waals surface area contributed by atoms with E-state index in [2.05, 4.69) is 41.6 Å². The summed E-state index contributed by atoms with van der Waals surface area (Å²) in [5, 5.41) is 6.56. The van der Waals surface area contributed by atoms with Gasteiger partial charge in [-0.15, -0.1) is 24.0 Å². The molecule has 0 aliphatic heterocycles. The summed E-state index contributed by atoms with van der Waals surface area (Å²) >= 11 is 0. The third-order valence-electron chi connectivity index (χ3n) is 3.18. The number of hydrogen-bond acceptors (Lipinski definition) is 3. The lowest BCUT2D eigenvalue weighted by Crippen LogP contribution is -2.44. The van der Waals surface area contributed by atoms with E-state index < -0.39 is 0 Å². The van der Waals surface area contributed by atoms with Gasteiger partial charge in [-0.2, -0.15) is 0 Å². The minimum absolute atomic E-state index is 0. The molecular formula is C17H30IN3O2. The molecule has 1 unspecified atom stereocenters. The Labute approximate surface area is 157 Å². The highest BCUT2D eigenvalue weighted by Crippen LogP contribution is 2.11. The highest BCUT2D eigenvalue weighted by Gasteiger charge is 2.03. The van der Waals surface area contributed by atoms with Crippen molar-refractivity contribution >= 4 is 29.9 Å². The molecule has 6 heteroatoms. The maximum Gasteiger partial charge on any atom is 0.191 e. The van der Waals surface area contributed by atoms with Crippen molar-refractivity contribution in [3.63, 3.8) is 0 Å². The number of nitrogens with one attached hydrogen (secondary N) is 2. The number of unbranched alkanes of at least 4 members (excludes halogenated alkanes) is 1. The Morgan fingerprint density at radius 2 is 1.91 bits per heavy atom. The number of nitrogens with zero attached hydrogens (tertiary/aromatic N) is 1. The summed E-state index contributed by atoms with van der Waals surface area (Å²) in [6.07, 6.45) is 2.04. The topological polar surface area (TPSA) is 54.9 Å². The van der Waals surface area contributed by atoms with Crippen molar-refractivity contribution in [3.8, 4) is 5.75 Å². The second-order valence-electron chi connectivity index (χ2n) is 5.37. The number of benzene rings is 1. The molecule has 0 amide bonds. The molecule has 0 saturated heterocycles. The van der Waals surface area contributed by atoms with Crippen molar-refractivity contribution in [1.29, 1.82) is 0 Å². The molecule has 0 aliphatic rings. The van der Waals surface area contributed by atoms with Crippen LogP contribution in [0.4, 0.5) is 0 Å². The number of halogens is 1. The first-order valence-corrected chi connectivity index (χ1v) is 7.81. The standard InChI is InChI=1S/C17H29N3O2.HI/c1-14-7-9-16(10-8-14)22-12-6-5-11-19-17(18-3)20-15(2)13-21-4;/h7-10,15H,5-6,11-13H2,1-4H3,(H2,18,19,20);1H. The van der Waals surface area contributed by atoms with E-state index in [1.54, 1.807) is 14.2 Å². The maximum absolute atomic E-state index is 5.70. The van der Waals surface area contributed by atoms with Crippen molar-refractivity contribution in [2.45, 2.75) is 32.7 Å². The van der Waals surface area contributed by atoms with Gasteiger partial charge in [0.25, 0.3) is 0 Å². The van der Waals surface area contributed by atoms with Gasteiger partial charge in [0.1, 0.15) is 5.75 Å². The fourth-order valence-corrected chi connectivity index (χ4v) is 1.98. The number of rotatable bonds is 9.